The van der Waals surface area contributed by atoms with E-state index in [0.717, 1.165) is 5.56 Å². The molecule has 0 saturated carbocycles. The number of halogens is 1. The van der Waals surface area contributed by atoms with Gasteiger partial charge in [0.15, 0.2) is 0 Å². The fraction of sp³-hybridized carbons (Fsp3) is 0.467. The zero-order valence-electron chi connectivity index (χ0n) is 13.6. The molecule has 0 bridgehead atoms. The van der Waals surface area contributed by atoms with Crippen LogP contribution in [-0.2, 0) is 16.9 Å². The van der Waals surface area contributed by atoms with E-state index in [4.69, 9.17) is 0 Å². The van der Waals surface area contributed by atoms with Crippen molar-refractivity contribution in [2.24, 2.45) is 0 Å². The first kappa shape index (κ1) is 17.4. The molecule has 2 rings (SSSR count). The molecule has 0 fully saturated rings. The number of nitrogens with zero attached hydrogens (tertiary/aromatic N) is 4. The van der Waals surface area contributed by atoms with Gasteiger partial charge in [-0.25, -0.2) is 9.07 Å². The summed E-state index contributed by atoms with van der Waals surface area (Å²) in [6, 6.07) is 6.04. The Morgan fingerprint density at radius 1 is 1.35 bits per heavy atom. The molecule has 0 radical (unpaired) electrons. The van der Waals surface area contributed by atoms with E-state index in [1.807, 2.05) is 20.8 Å². The largest absolute Gasteiger partial charge is 0.351 e. The molecule has 0 spiro atoms. The molecule has 124 valence electrons. The van der Waals surface area contributed by atoms with Crippen molar-refractivity contribution in [2.75, 3.05) is 0 Å². The first-order valence-electron chi connectivity index (χ1n) is 7.25. The van der Waals surface area contributed by atoms with Gasteiger partial charge < -0.3 is 5.32 Å². The van der Waals surface area contributed by atoms with Crippen LogP contribution in [0.2, 0.25) is 0 Å². The van der Waals surface area contributed by atoms with Crippen LogP contribution in [0, 0.1) is 5.82 Å². The first-order chi connectivity index (χ1) is 10.8. The van der Waals surface area contributed by atoms with Gasteiger partial charge in [0, 0.05) is 6.54 Å². The summed E-state index contributed by atoms with van der Waals surface area (Å²) in [7, 11) is 0. The van der Waals surface area contributed by atoms with Crippen molar-refractivity contribution in [1.29, 1.82) is 0 Å². The van der Waals surface area contributed by atoms with E-state index in [2.05, 4.69) is 20.8 Å². The van der Waals surface area contributed by atoms with Crippen LogP contribution >= 0.6 is 11.8 Å². The highest BCUT2D eigenvalue weighted by atomic mass is 32.2. The third-order valence-electron chi connectivity index (χ3n) is 3.11. The molecule has 23 heavy (non-hydrogen) atoms. The Morgan fingerprint density at radius 3 is 2.61 bits per heavy atom. The molecule has 1 aromatic carbocycles. The average molecular weight is 337 g/mol. The Labute approximate surface area is 138 Å². The lowest BCUT2D eigenvalue weighted by atomic mass is 10.1. The number of amides is 1. The summed E-state index contributed by atoms with van der Waals surface area (Å²) in [6.45, 7) is 8.13. The first-order valence-corrected chi connectivity index (χ1v) is 8.13. The highest BCUT2D eigenvalue weighted by Gasteiger charge is 2.23. The fourth-order valence-electron chi connectivity index (χ4n) is 1.82. The van der Waals surface area contributed by atoms with E-state index in [-0.39, 0.29) is 22.5 Å². The van der Waals surface area contributed by atoms with Gasteiger partial charge in [0.25, 0.3) is 0 Å². The molecule has 8 heteroatoms. The normalized spacial score (nSPS) is 12.9. The summed E-state index contributed by atoms with van der Waals surface area (Å²) in [5, 5.41) is 14.7. The molecule has 1 N–H and O–H groups in total. The SMILES string of the molecule is CC(Sc1nnnn1C(C)(C)C)C(=O)NCc1ccc(F)cc1. The van der Waals surface area contributed by atoms with Crippen molar-refractivity contribution in [2.45, 2.75) is 50.2 Å². The minimum absolute atomic E-state index is 0.122. The number of nitrogens with one attached hydrogen (secondary N) is 1. The van der Waals surface area contributed by atoms with E-state index >= 15 is 0 Å². The molecule has 0 aliphatic heterocycles. The molecule has 0 saturated heterocycles. The predicted molar refractivity (Wildman–Crippen MR) is 86.4 cm³/mol. The number of carbonyl (C=O) groups excluding carboxylic acids is 1. The monoisotopic (exact) mass is 337 g/mol. The second-order valence-corrected chi connectivity index (χ2v) is 7.46. The van der Waals surface area contributed by atoms with Gasteiger partial charge in [0.1, 0.15) is 5.82 Å². The molecule has 1 aromatic heterocycles. The van der Waals surface area contributed by atoms with Crippen LogP contribution in [0.25, 0.3) is 0 Å². The minimum Gasteiger partial charge on any atom is -0.351 e. The molecule has 2 aromatic rings. The van der Waals surface area contributed by atoms with Crippen LogP contribution in [0.5, 0.6) is 0 Å². The maximum Gasteiger partial charge on any atom is 0.233 e. The second-order valence-electron chi connectivity index (χ2n) is 6.15. The number of hydrogen-bond acceptors (Lipinski definition) is 5. The predicted octanol–water partition coefficient (Wildman–Crippen LogP) is 2.36. The van der Waals surface area contributed by atoms with Crippen molar-refractivity contribution in [3.8, 4) is 0 Å². The lowest BCUT2D eigenvalue weighted by Gasteiger charge is -2.20. The summed E-state index contributed by atoms with van der Waals surface area (Å²) in [5.74, 6) is -0.416. The Balaban J connectivity index is 1.93. The summed E-state index contributed by atoms with van der Waals surface area (Å²) >= 11 is 1.30. The molecule has 1 atom stereocenters. The van der Waals surface area contributed by atoms with Crippen molar-refractivity contribution in [1.82, 2.24) is 25.5 Å². The van der Waals surface area contributed by atoms with Crippen LogP contribution < -0.4 is 5.32 Å². The highest BCUT2D eigenvalue weighted by molar-refractivity contribution is 8.00. The van der Waals surface area contributed by atoms with E-state index in [0.29, 0.717) is 11.7 Å². The third kappa shape index (κ3) is 4.75. The average Bonchev–Trinajstić information content (AvgIpc) is 2.94. The number of carbonyl (C=O) groups is 1. The number of aromatic nitrogens is 4. The van der Waals surface area contributed by atoms with Gasteiger partial charge in [-0.2, -0.15) is 0 Å². The maximum absolute atomic E-state index is 12.8. The lowest BCUT2D eigenvalue weighted by Crippen LogP contribution is -2.31. The topological polar surface area (TPSA) is 72.7 Å². The van der Waals surface area contributed by atoms with Crippen molar-refractivity contribution >= 4 is 17.7 Å². The van der Waals surface area contributed by atoms with Gasteiger partial charge >= 0.3 is 0 Å². The Morgan fingerprint density at radius 2 is 2.00 bits per heavy atom. The van der Waals surface area contributed by atoms with Gasteiger partial charge in [0.05, 0.1) is 10.8 Å². The Kier molecular flexibility index (Phi) is 5.35. The lowest BCUT2D eigenvalue weighted by molar-refractivity contribution is -0.120. The highest BCUT2D eigenvalue weighted by Crippen LogP contribution is 2.25. The zero-order valence-corrected chi connectivity index (χ0v) is 14.4. The van der Waals surface area contributed by atoms with Crippen LogP contribution in [0.1, 0.15) is 33.3 Å². The van der Waals surface area contributed by atoms with Crippen LogP contribution in [0.3, 0.4) is 0 Å². The quantitative estimate of drug-likeness (QED) is 0.848. The second kappa shape index (κ2) is 7.08. The maximum atomic E-state index is 12.8. The van der Waals surface area contributed by atoms with Gasteiger partial charge in [-0.3, -0.25) is 4.79 Å². The van der Waals surface area contributed by atoms with Crippen LogP contribution in [0.4, 0.5) is 4.39 Å². The molecule has 0 aliphatic carbocycles. The van der Waals surface area contributed by atoms with E-state index in [9.17, 15) is 9.18 Å². The number of hydrogen-bond donors (Lipinski definition) is 1. The van der Waals surface area contributed by atoms with E-state index < -0.39 is 0 Å². The summed E-state index contributed by atoms with van der Waals surface area (Å²) in [5.41, 5.74) is 0.590. The molecule has 0 aliphatic rings. The summed E-state index contributed by atoms with van der Waals surface area (Å²) in [6.07, 6.45) is 0. The van der Waals surface area contributed by atoms with Crippen molar-refractivity contribution in [3.05, 3.63) is 35.6 Å². The Bertz CT molecular complexity index is 665. The van der Waals surface area contributed by atoms with Gasteiger partial charge in [0.2, 0.25) is 11.1 Å². The van der Waals surface area contributed by atoms with Crippen molar-refractivity contribution in [3.63, 3.8) is 0 Å². The smallest absolute Gasteiger partial charge is 0.233 e. The number of tetrazole rings is 1. The number of rotatable bonds is 5. The van der Waals surface area contributed by atoms with E-state index in [1.54, 1.807) is 23.7 Å². The molecule has 1 heterocycles. The van der Waals surface area contributed by atoms with Crippen LogP contribution in [0.15, 0.2) is 29.4 Å². The standard InChI is InChI=1S/C15H20FN5OS/c1-10(23-14-18-19-20-21(14)15(2,3)4)13(22)17-9-11-5-7-12(16)8-6-11/h5-8,10H,9H2,1-4H3,(H,17,22). The van der Waals surface area contributed by atoms with Gasteiger partial charge in [-0.05, 0) is 55.8 Å². The summed E-state index contributed by atoms with van der Waals surface area (Å²) in [4.78, 5) is 12.2. The zero-order chi connectivity index (χ0) is 17.0. The van der Waals surface area contributed by atoms with Crippen molar-refractivity contribution < 1.29 is 9.18 Å². The molecular weight excluding hydrogens is 317 g/mol. The Hall–Kier alpha value is -1.96. The molecule has 6 nitrogen and oxygen atoms in total. The number of benzene rings is 1. The molecule has 1 amide bonds. The molecule has 1 unspecified atom stereocenters. The number of thioether (sulfide) groups is 1. The van der Waals surface area contributed by atoms with Gasteiger partial charge in [-0.1, -0.05) is 23.9 Å². The minimum atomic E-state index is -0.345. The third-order valence-corrected chi connectivity index (χ3v) is 4.14. The van der Waals surface area contributed by atoms with E-state index in [1.165, 1.54) is 23.9 Å². The van der Waals surface area contributed by atoms with Gasteiger partial charge in [-0.15, -0.1) is 5.10 Å². The molecular formula is C15H20FN5OS. The fourth-order valence-corrected chi connectivity index (χ4v) is 2.82. The van der Waals surface area contributed by atoms with Crippen LogP contribution in [-0.4, -0.2) is 31.4 Å². The summed E-state index contributed by atoms with van der Waals surface area (Å²) < 4.78 is 14.5.